The van der Waals surface area contributed by atoms with Gasteiger partial charge in [0.05, 0.1) is 17.7 Å². The fourth-order valence-electron chi connectivity index (χ4n) is 1.38. The number of hydrogen-bond donors (Lipinski definition) is 0. The summed E-state index contributed by atoms with van der Waals surface area (Å²) in [4.78, 5) is 0. The number of hydrogen-bond acceptors (Lipinski definition) is 2. The van der Waals surface area contributed by atoms with Crippen molar-refractivity contribution in [1.82, 2.24) is 0 Å². The van der Waals surface area contributed by atoms with Crippen LogP contribution in [0.4, 0.5) is 0 Å². The van der Waals surface area contributed by atoms with Gasteiger partial charge < -0.3 is 4.74 Å². The lowest BCUT2D eigenvalue weighted by Crippen LogP contribution is -1.95. The molecule has 84 valence electrons. The van der Waals surface area contributed by atoms with Crippen molar-refractivity contribution >= 4 is 16.6 Å². The molecule has 0 atom stereocenters. The van der Waals surface area contributed by atoms with Crippen molar-refractivity contribution in [1.29, 1.82) is 5.26 Å². The Morgan fingerprint density at radius 2 is 2.06 bits per heavy atom. The van der Waals surface area contributed by atoms with Crippen LogP contribution in [0.15, 0.2) is 29.8 Å². The Kier molecular flexibility index (Phi) is 4.88. The molecule has 0 N–H and O–H groups in total. The van der Waals surface area contributed by atoms with Crippen LogP contribution in [0.5, 0.6) is 5.75 Å². The highest BCUT2D eigenvalue weighted by atomic mass is 35.5. The average Bonchev–Trinajstić information content (AvgIpc) is 2.31. The predicted octanol–water partition coefficient (Wildman–Crippen LogP) is 3.97. The van der Waals surface area contributed by atoms with Gasteiger partial charge in [-0.15, -0.1) is 0 Å². The average molecular weight is 236 g/mol. The zero-order valence-electron chi connectivity index (χ0n) is 9.46. The number of nitriles is 1. The molecule has 1 aromatic rings. The monoisotopic (exact) mass is 235 g/mol. The van der Waals surface area contributed by atoms with Crippen LogP contribution in [0, 0.1) is 11.3 Å². The highest BCUT2D eigenvalue weighted by Gasteiger charge is 2.10. The Bertz CT molecular complexity index is 432. The summed E-state index contributed by atoms with van der Waals surface area (Å²) < 4.78 is 5.47. The van der Waals surface area contributed by atoms with E-state index in [4.69, 9.17) is 21.6 Å². The van der Waals surface area contributed by atoms with Gasteiger partial charge in [0.1, 0.15) is 5.75 Å². The zero-order chi connectivity index (χ0) is 12.0. The molecule has 0 aromatic heterocycles. The van der Waals surface area contributed by atoms with E-state index in [0.717, 1.165) is 11.3 Å². The molecular formula is C13H14ClNO. The molecule has 0 spiro atoms. The van der Waals surface area contributed by atoms with Crippen molar-refractivity contribution in [3.8, 4) is 11.8 Å². The number of ether oxygens (including phenoxy) is 1. The first-order valence-corrected chi connectivity index (χ1v) is 5.63. The van der Waals surface area contributed by atoms with Crippen molar-refractivity contribution < 1.29 is 4.74 Å². The second-order valence-electron chi connectivity index (χ2n) is 3.19. The van der Waals surface area contributed by atoms with Crippen LogP contribution >= 0.6 is 11.6 Å². The van der Waals surface area contributed by atoms with Crippen molar-refractivity contribution in [2.24, 2.45) is 0 Å². The van der Waals surface area contributed by atoms with E-state index in [-0.39, 0.29) is 0 Å². The summed E-state index contributed by atoms with van der Waals surface area (Å²) in [5.41, 5.74) is 1.36. The first-order chi connectivity index (χ1) is 7.74. The van der Waals surface area contributed by atoms with E-state index in [1.54, 1.807) is 0 Å². The van der Waals surface area contributed by atoms with Gasteiger partial charge in [0, 0.05) is 11.1 Å². The highest BCUT2D eigenvalue weighted by molar-refractivity contribution is 6.49. The topological polar surface area (TPSA) is 33.0 Å². The third kappa shape index (κ3) is 2.77. The van der Waals surface area contributed by atoms with Gasteiger partial charge in [-0.25, -0.2) is 0 Å². The number of benzene rings is 1. The van der Waals surface area contributed by atoms with Gasteiger partial charge in [-0.1, -0.05) is 30.7 Å². The smallest absolute Gasteiger partial charge is 0.128 e. The molecule has 16 heavy (non-hydrogen) atoms. The van der Waals surface area contributed by atoms with Crippen LogP contribution in [0.25, 0.3) is 5.03 Å². The van der Waals surface area contributed by atoms with Gasteiger partial charge >= 0.3 is 0 Å². The van der Waals surface area contributed by atoms with Crippen molar-refractivity contribution in [3.63, 3.8) is 0 Å². The summed E-state index contributed by atoms with van der Waals surface area (Å²) in [7, 11) is 0. The van der Waals surface area contributed by atoms with Crippen LogP contribution in [-0.4, -0.2) is 6.61 Å². The van der Waals surface area contributed by atoms with Gasteiger partial charge in [-0.2, -0.15) is 5.26 Å². The molecule has 0 heterocycles. The van der Waals surface area contributed by atoms with E-state index in [2.05, 4.69) is 6.07 Å². The molecule has 3 heteroatoms. The maximum absolute atomic E-state index is 8.95. The first kappa shape index (κ1) is 12.6. The molecule has 1 rings (SSSR count). The molecule has 0 radical (unpaired) electrons. The molecule has 0 amide bonds. The molecule has 0 saturated carbocycles. The van der Waals surface area contributed by atoms with Gasteiger partial charge in [0.2, 0.25) is 0 Å². The molecule has 2 nitrogen and oxygen atoms in total. The second-order valence-corrected chi connectivity index (χ2v) is 3.57. The van der Waals surface area contributed by atoms with Crippen LogP contribution in [0.2, 0.25) is 0 Å². The molecule has 0 fully saturated rings. The SMILES string of the molecule is CCOc1ccccc1C(Cl)=C(C#N)CC. The molecule has 0 aliphatic heterocycles. The summed E-state index contributed by atoms with van der Waals surface area (Å²) in [5.74, 6) is 0.719. The number of halogens is 1. The van der Waals surface area contributed by atoms with Gasteiger partial charge in [0.25, 0.3) is 0 Å². The fourth-order valence-corrected chi connectivity index (χ4v) is 1.71. The van der Waals surface area contributed by atoms with Crippen molar-refractivity contribution in [2.75, 3.05) is 6.61 Å². The minimum atomic E-state index is 0.481. The molecule has 0 unspecified atom stereocenters. The maximum atomic E-state index is 8.95. The third-order valence-electron chi connectivity index (χ3n) is 2.18. The summed E-state index contributed by atoms with van der Waals surface area (Å²) >= 11 is 6.19. The molecule has 0 aliphatic rings. The number of para-hydroxylation sites is 1. The van der Waals surface area contributed by atoms with Crippen LogP contribution in [0.1, 0.15) is 25.8 Å². The van der Waals surface area contributed by atoms with E-state index >= 15 is 0 Å². The van der Waals surface area contributed by atoms with E-state index in [0.29, 0.717) is 23.6 Å². The van der Waals surface area contributed by atoms with Gasteiger partial charge in [0.15, 0.2) is 0 Å². The molecule has 0 bridgehead atoms. The van der Waals surface area contributed by atoms with E-state index < -0.39 is 0 Å². The Labute approximate surface area is 101 Å². The van der Waals surface area contributed by atoms with E-state index in [9.17, 15) is 0 Å². The first-order valence-electron chi connectivity index (χ1n) is 5.25. The number of allylic oxidation sites excluding steroid dienone is 1. The van der Waals surface area contributed by atoms with Crippen LogP contribution < -0.4 is 4.74 Å². The number of nitrogens with zero attached hydrogens (tertiary/aromatic N) is 1. The standard InChI is InChI=1S/C13H14ClNO/c1-3-10(9-15)13(14)11-7-5-6-8-12(11)16-4-2/h5-8H,3-4H2,1-2H3. The van der Waals surface area contributed by atoms with Crippen LogP contribution in [0.3, 0.4) is 0 Å². The number of rotatable bonds is 4. The summed E-state index contributed by atoms with van der Waals surface area (Å²) in [5, 5.41) is 9.43. The fraction of sp³-hybridized carbons (Fsp3) is 0.308. The minimum absolute atomic E-state index is 0.481. The molecule has 0 aliphatic carbocycles. The lowest BCUT2D eigenvalue weighted by atomic mass is 10.1. The van der Waals surface area contributed by atoms with Gasteiger partial charge in [-0.05, 0) is 25.5 Å². The lowest BCUT2D eigenvalue weighted by molar-refractivity contribution is 0.339. The highest BCUT2D eigenvalue weighted by Crippen LogP contribution is 2.31. The quantitative estimate of drug-likeness (QED) is 0.740. The van der Waals surface area contributed by atoms with E-state index in [1.807, 2.05) is 38.1 Å². The molecule has 0 saturated heterocycles. The Morgan fingerprint density at radius 3 is 2.62 bits per heavy atom. The third-order valence-corrected chi connectivity index (χ3v) is 2.61. The van der Waals surface area contributed by atoms with Crippen LogP contribution in [-0.2, 0) is 0 Å². The Hall–Kier alpha value is -1.46. The summed E-state index contributed by atoms with van der Waals surface area (Å²) in [6.45, 7) is 4.40. The Morgan fingerprint density at radius 1 is 1.38 bits per heavy atom. The lowest BCUT2D eigenvalue weighted by Gasteiger charge is -2.09. The predicted molar refractivity (Wildman–Crippen MR) is 66.3 cm³/mol. The maximum Gasteiger partial charge on any atom is 0.128 e. The summed E-state index contributed by atoms with van der Waals surface area (Å²) in [6, 6.07) is 9.59. The van der Waals surface area contributed by atoms with Crippen molar-refractivity contribution in [3.05, 3.63) is 35.4 Å². The Balaban J connectivity index is 3.22. The van der Waals surface area contributed by atoms with Gasteiger partial charge in [-0.3, -0.25) is 0 Å². The van der Waals surface area contributed by atoms with Crippen molar-refractivity contribution in [2.45, 2.75) is 20.3 Å². The minimum Gasteiger partial charge on any atom is -0.493 e. The molecule has 1 aromatic carbocycles. The largest absolute Gasteiger partial charge is 0.493 e. The molecular weight excluding hydrogens is 222 g/mol. The normalized spacial score (nSPS) is 11.6. The zero-order valence-corrected chi connectivity index (χ0v) is 10.2. The summed E-state index contributed by atoms with van der Waals surface area (Å²) in [6.07, 6.45) is 0.621. The second kappa shape index (κ2) is 6.19. The van der Waals surface area contributed by atoms with E-state index in [1.165, 1.54) is 0 Å².